The molecule has 94 valence electrons. The van der Waals surface area contributed by atoms with E-state index < -0.39 is 0 Å². The Morgan fingerprint density at radius 2 is 2.11 bits per heavy atom. The van der Waals surface area contributed by atoms with Gasteiger partial charge in [0.15, 0.2) is 5.78 Å². The second kappa shape index (κ2) is 5.04. The van der Waals surface area contributed by atoms with Crippen LogP contribution in [0.3, 0.4) is 0 Å². The van der Waals surface area contributed by atoms with E-state index in [4.69, 9.17) is 9.26 Å². The van der Waals surface area contributed by atoms with E-state index in [1.165, 1.54) is 0 Å². The lowest BCUT2D eigenvalue weighted by molar-refractivity contribution is 0.101. The van der Waals surface area contributed by atoms with Gasteiger partial charge in [-0.2, -0.15) is 0 Å². The molecule has 0 saturated heterocycles. The molecule has 0 aliphatic heterocycles. The first-order valence-electron chi connectivity index (χ1n) is 5.73. The number of aromatic nitrogens is 1. The maximum absolute atomic E-state index is 11.2. The summed E-state index contributed by atoms with van der Waals surface area (Å²) in [5, 5.41) is 3.85. The molecule has 0 spiro atoms. The van der Waals surface area contributed by atoms with Crippen LogP contribution in [-0.2, 0) is 6.61 Å². The summed E-state index contributed by atoms with van der Waals surface area (Å²) in [6, 6.07) is 7.22. The second-order valence-electron chi connectivity index (χ2n) is 4.25. The van der Waals surface area contributed by atoms with Gasteiger partial charge < -0.3 is 9.26 Å². The zero-order chi connectivity index (χ0) is 13.1. The molecule has 1 heterocycles. The Kier molecular flexibility index (Phi) is 3.46. The topological polar surface area (TPSA) is 52.3 Å². The lowest BCUT2D eigenvalue weighted by atomic mass is 10.1. The summed E-state index contributed by atoms with van der Waals surface area (Å²) in [4.78, 5) is 11.2. The summed E-state index contributed by atoms with van der Waals surface area (Å²) in [5.41, 5.74) is 2.38. The van der Waals surface area contributed by atoms with Crippen LogP contribution in [0, 0.1) is 13.8 Å². The fraction of sp³-hybridized carbons (Fsp3) is 0.286. The molecule has 0 N–H and O–H groups in total. The molecule has 18 heavy (non-hydrogen) atoms. The number of ether oxygens (including phenoxy) is 1. The number of nitrogens with zero attached hydrogens (tertiary/aromatic N) is 1. The van der Waals surface area contributed by atoms with Crippen molar-refractivity contribution in [3.8, 4) is 5.75 Å². The number of rotatable bonds is 4. The average molecular weight is 245 g/mol. The van der Waals surface area contributed by atoms with Gasteiger partial charge in [-0.3, -0.25) is 4.79 Å². The van der Waals surface area contributed by atoms with Gasteiger partial charge in [-0.25, -0.2) is 0 Å². The Morgan fingerprint density at radius 1 is 1.33 bits per heavy atom. The van der Waals surface area contributed by atoms with Crippen molar-refractivity contribution in [1.29, 1.82) is 0 Å². The van der Waals surface area contributed by atoms with Crippen molar-refractivity contribution in [2.75, 3.05) is 0 Å². The summed E-state index contributed by atoms with van der Waals surface area (Å²) in [6.45, 7) is 5.66. The fourth-order valence-corrected chi connectivity index (χ4v) is 1.67. The van der Waals surface area contributed by atoms with Crippen LogP contribution in [0.15, 0.2) is 28.8 Å². The number of carbonyl (C=O) groups excluding carboxylic acids is 1. The summed E-state index contributed by atoms with van der Waals surface area (Å²) >= 11 is 0. The Hall–Kier alpha value is -2.10. The van der Waals surface area contributed by atoms with Crippen LogP contribution in [0.25, 0.3) is 0 Å². The SMILES string of the molecule is CC(=O)c1ccc(OCc2cc(C)on2)c(C)c1. The number of benzene rings is 1. The Labute approximate surface area is 106 Å². The van der Waals surface area contributed by atoms with Crippen molar-refractivity contribution in [2.45, 2.75) is 27.4 Å². The molecule has 0 bridgehead atoms. The molecular formula is C14H15NO3. The van der Waals surface area contributed by atoms with Gasteiger partial charge in [0.2, 0.25) is 0 Å². The van der Waals surface area contributed by atoms with Crippen LogP contribution < -0.4 is 4.74 Å². The van der Waals surface area contributed by atoms with Crippen LogP contribution in [0.4, 0.5) is 0 Å². The highest BCUT2D eigenvalue weighted by molar-refractivity contribution is 5.94. The third kappa shape index (κ3) is 2.77. The van der Waals surface area contributed by atoms with E-state index in [9.17, 15) is 4.79 Å². The van der Waals surface area contributed by atoms with Gasteiger partial charge in [-0.1, -0.05) is 5.16 Å². The van der Waals surface area contributed by atoms with E-state index in [1.807, 2.05) is 26.0 Å². The normalized spacial score (nSPS) is 10.4. The minimum Gasteiger partial charge on any atom is -0.487 e. The van der Waals surface area contributed by atoms with Gasteiger partial charge in [0, 0.05) is 11.6 Å². The van der Waals surface area contributed by atoms with Crippen molar-refractivity contribution in [3.63, 3.8) is 0 Å². The molecule has 0 aliphatic carbocycles. The molecule has 4 heteroatoms. The van der Waals surface area contributed by atoms with Gasteiger partial charge in [0.1, 0.15) is 23.8 Å². The van der Waals surface area contributed by atoms with Gasteiger partial charge in [-0.15, -0.1) is 0 Å². The predicted molar refractivity (Wildman–Crippen MR) is 66.8 cm³/mol. The monoisotopic (exact) mass is 245 g/mol. The summed E-state index contributed by atoms with van der Waals surface area (Å²) in [6.07, 6.45) is 0. The number of ketones is 1. The molecule has 0 unspecified atom stereocenters. The molecule has 0 atom stereocenters. The van der Waals surface area contributed by atoms with Gasteiger partial charge >= 0.3 is 0 Å². The largest absolute Gasteiger partial charge is 0.487 e. The third-order valence-corrected chi connectivity index (χ3v) is 2.63. The van der Waals surface area contributed by atoms with Crippen LogP contribution in [-0.4, -0.2) is 10.9 Å². The van der Waals surface area contributed by atoms with Crippen LogP contribution in [0.5, 0.6) is 5.75 Å². The minimum atomic E-state index is 0.0526. The minimum absolute atomic E-state index is 0.0526. The van der Waals surface area contributed by atoms with E-state index in [2.05, 4.69) is 5.16 Å². The smallest absolute Gasteiger partial charge is 0.159 e. The number of hydrogen-bond donors (Lipinski definition) is 0. The van der Waals surface area contributed by atoms with Crippen molar-refractivity contribution in [3.05, 3.63) is 46.8 Å². The van der Waals surface area contributed by atoms with Gasteiger partial charge in [0.25, 0.3) is 0 Å². The molecular weight excluding hydrogens is 230 g/mol. The third-order valence-electron chi connectivity index (χ3n) is 2.63. The van der Waals surface area contributed by atoms with Gasteiger partial charge in [0.05, 0.1) is 0 Å². The van der Waals surface area contributed by atoms with E-state index in [-0.39, 0.29) is 5.78 Å². The van der Waals surface area contributed by atoms with E-state index in [0.717, 1.165) is 22.8 Å². The lowest BCUT2D eigenvalue weighted by Gasteiger charge is -2.08. The number of Topliss-reactive ketones (excluding diaryl/α,β-unsaturated/α-hetero) is 1. The molecule has 0 amide bonds. The highest BCUT2D eigenvalue weighted by atomic mass is 16.5. The van der Waals surface area contributed by atoms with E-state index in [0.29, 0.717) is 12.2 Å². The molecule has 0 fully saturated rings. The van der Waals surface area contributed by atoms with E-state index >= 15 is 0 Å². The first kappa shape index (κ1) is 12.4. The summed E-state index contributed by atoms with van der Waals surface area (Å²) in [7, 11) is 0. The second-order valence-corrected chi connectivity index (χ2v) is 4.25. The first-order valence-corrected chi connectivity index (χ1v) is 5.73. The number of hydrogen-bond acceptors (Lipinski definition) is 4. The molecule has 0 radical (unpaired) electrons. The van der Waals surface area contributed by atoms with Crippen LogP contribution >= 0.6 is 0 Å². The fourth-order valence-electron chi connectivity index (χ4n) is 1.67. The quantitative estimate of drug-likeness (QED) is 0.777. The number of aryl methyl sites for hydroxylation is 2. The van der Waals surface area contributed by atoms with Crippen molar-refractivity contribution >= 4 is 5.78 Å². The molecule has 2 rings (SSSR count). The summed E-state index contributed by atoms with van der Waals surface area (Å²) in [5.74, 6) is 1.56. The number of carbonyl (C=O) groups is 1. The maximum atomic E-state index is 11.2. The average Bonchev–Trinajstić information content (AvgIpc) is 2.73. The molecule has 4 nitrogen and oxygen atoms in total. The van der Waals surface area contributed by atoms with Crippen molar-refractivity contribution < 1.29 is 14.1 Å². The zero-order valence-electron chi connectivity index (χ0n) is 10.7. The lowest BCUT2D eigenvalue weighted by Crippen LogP contribution is -1.99. The molecule has 0 aliphatic rings. The Bertz CT molecular complexity index is 572. The Morgan fingerprint density at radius 3 is 2.67 bits per heavy atom. The molecule has 1 aromatic carbocycles. The zero-order valence-corrected chi connectivity index (χ0v) is 10.7. The standard InChI is InChI=1S/C14H15NO3/c1-9-6-12(11(3)16)4-5-14(9)17-8-13-7-10(2)18-15-13/h4-7H,8H2,1-3H3. The van der Waals surface area contributed by atoms with Crippen molar-refractivity contribution in [2.24, 2.45) is 0 Å². The highest BCUT2D eigenvalue weighted by Gasteiger charge is 2.06. The molecule has 1 aromatic heterocycles. The van der Waals surface area contributed by atoms with Crippen molar-refractivity contribution in [1.82, 2.24) is 5.16 Å². The predicted octanol–water partition coefficient (Wildman–Crippen LogP) is 3.07. The van der Waals surface area contributed by atoms with Crippen LogP contribution in [0.2, 0.25) is 0 Å². The first-order chi connectivity index (χ1) is 8.56. The summed E-state index contributed by atoms with van der Waals surface area (Å²) < 4.78 is 10.6. The highest BCUT2D eigenvalue weighted by Crippen LogP contribution is 2.20. The van der Waals surface area contributed by atoms with E-state index in [1.54, 1.807) is 19.1 Å². The molecule has 2 aromatic rings. The Balaban J connectivity index is 2.08. The molecule has 0 saturated carbocycles. The van der Waals surface area contributed by atoms with Crippen LogP contribution in [0.1, 0.15) is 34.3 Å². The van der Waals surface area contributed by atoms with Gasteiger partial charge in [-0.05, 0) is 44.5 Å². The maximum Gasteiger partial charge on any atom is 0.159 e.